The molecule has 0 aliphatic heterocycles. The summed E-state index contributed by atoms with van der Waals surface area (Å²) in [5.74, 6) is 0.423. The van der Waals surface area contributed by atoms with Crippen LogP contribution in [0.4, 0.5) is 0 Å². The van der Waals surface area contributed by atoms with E-state index in [2.05, 4.69) is 20.5 Å². The lowest BCUT2D eigenvalue weighted by Gasteiger charge is -2.27. The Morgan fingerprint density at radius 3 is 2.75 bits per heavy atom. The number of hydrogen-bond acceptors (Lipinski definition) is 4. The number of aryl methyl sites for hydroxylation is 1. The van der Waals surface area contributed by atoms with Gasteiger partial charge in [0.1, 0.15) is 5.82 Å². The number of nitrogens with zero attached hydrogens (tertiary/aromatic N) is 2. The summed E-state index contributed by atoms with van der Waals surface area (Å²) in [6.45, 7) is 1.71. The van der Waals surface area contributed by atoms with Crippen LogP contribution >= 0.6 is 0 Å². The zero-order valence-electron chi connectivity index (χ0n) is 9.29. The number of aromatic amines is 1. The number of carbonyl (C=O) groups is 1. The van der Waals surface area contributed by atoms with Crippen LogP contribution in [0.3, 0.4) is 0 Å². The van der Waals surface area contributed by atoms with Crippen molar-refractivity contribution in [1.29, 1.82) is 0 Å². The second-order valence-electron chi connectivity index (χ2n) is 4.34. The smallest absolute Gasteiger partial charge is 0.291 e. The topological polar surface area (TPSA) is 90.9 Å². The SMILES string of the molecule is Cc1nc(C(=O)NC2(CO)CCCC2)n[nH]1. The van der Waals surface area contributed by atoms with E-state index in [1.54, 1.807) is 6.92 Å². The average molecular weight is 224 g/mol. The van der Waals surface area contributed by atoms with Crippen molar-refractivity contribution in [2.24, 2.45) is 0 Å². The zero-order chi connectivity index (χ0) is 11.6. The first kappa shape index (κ1) is 11.1. The Labute approximate surface area is 93.5 Å². The van der Waals surface area contributed by atoms with E-state index in [4.69, 9.17) is 0 Å². The second kappa shape index (κ2) is 4.21. The molecule has 2 rings (SSSR count). The molecule has 16 heavy (non-hydrogen) atoms. The van der Waals surface area contributed by atoms with Crippen molar-refractivity contribution < 1.29 is 9.90 Å². The van der Waals surface area contributed by atoms with E-state index in [-0.39, 0.29) is 18.3 Å². The molecule has 1 heterocycles. The van der Waals surface area contributed by atoms with Gasteiger partial charge in [0.15, 0.2) is 0 Å². The van der Waals surface area contributed by atoms with E-state index in [9.17, 15) is 9.90 Å². The third kappa shape index (κ3) is 2.06. The zero-order valence-corrected chi connectivity index (χ0v) is 9.29. The Kier molecular flexibility index (Phi) is 2.91. The van der Waals surface area contributed by atoms with Crippen LogP contribution in [0.15, 0.2) is 0 Å². The summed E-state index contributed by atoms with van der Waals surface area (Å²) < 4.78 is 0. The number of carbonyl (C=O) groups excluding carboxylic acids is 1. The van der Waals surface area contributed by atoms with Crippen LogP contribution in [0.1, 0.15) is 42.1 Å². The van der Waals surface area contributed by atoms with Gasteiger partial charge in [-0.25, -0.2) is 4.98 Å². The molecule has 0 bridgehead atoms. The van der Waals surface area contributed by atoms with Crippen LogP contribution in [-0.4, -0.2) is 38.3 Å². The molecule has 0 saturated heterocycles. The summed E-state index contributed by atoms with van der Waals surface area (Å²) in [4.78, 5) is 15.8. The minimum atomic E-state index is -0.467. The van der Waals surface area contributed by atoms with Gasteiger partial charge in [-0.15, -0.1) is 5.10 Å². The highest BCUT2D eigenvalue weighted by molar-refractivity contribution is 5.90. The van der Waals surface area contributed by atoms with Gasteiger partial charge in [0, 0.05) is 0 Å². The number of hydrogen-bond donors (Lipinski definition) is 3. The molecular formula is C10H16N4O2. The highest BCUT2D eigenvalue weighted by Crippen LogP contribution is 2.29. The van der Waals surface area contributed by atoms with Crippen molar-refractivity contribution in [1.82, 2.24) is 20.5 Å². The van der Waals surface area contributed by atoms with Crippen molar-refractivity contribution in [2.45, 2.75) is 38.1 Å². The Balaban J connectivity index is 2.06. The first-order valence-corrected chi connectivity index (χ1v) is 5.48. The molecule has 88 valence electrons. The van der Waals surface area contributed by atoms with Gasteiger partial charge in [-0.2, -0.15) is 0 Å². The van der Waals surface area contributed by atoms with E-state index < -0.39 is 5.54 Å². The molecule has 1 amide bonds. The maximum absolute atomic E-state index is 11.8. The predicted molar refractivity (Wildman–Crippen MR) is 56.9 cm³/mol. The number of aromatic nitrogens is 3. The first-order valence-electron chi connectivity index (χ1n) is 5.48. The molecule has 6 heteroatoms. The fourth-order valence-electron chi connectivity index (χ4n) is 2.12. The minimum absolute atomic E-state index is 0.0256. The third-order valence-electron chi connectivity index (χ3n) is 3.04. The molecule has 3 N–H and O–H groups in total. The first-order chi connectivity index (χ1) is 7.65. The van der Waals surface area contributed by atoms with Crippen LogP contribution < -0.4 is 5.32 Å². The highest BCUT2D eigenvalue weighted by atomic mass is 16.3. The van der Waals surface area contributed by atoms with Gasteiger partial charge < -0.3 is 10.4 Å². The number of amides is 1. The number of nitrogens with one attached hydrogen (secondary N) is 2. The van der Waals surface area contributed by atoms with Crippen LogP contribution in [0.2, 0.25) is 0 Å². The summed E-state index contributed by atoms with van der Waals surface area (Å²) in [7, 11) is 0. The molecule has 1 aliphatic carbocycles. The Morgan fingerprint density at radius 1 is 1.56 bits per heavy atom. The number of H-pyrrole nitrogens is 1. The van der Waals surface area contributed by atoms with Crippen LogP contribution in [0.25, 0.3) is 0 Å². The Hall–Kier alpha value is -1.43. The maximum Gasteiger partial charge on any atom is 0.291 e. The molecule has 0 atom stereocenters. The molecule has 1 aromatic rings. The lowest BCUT2D eigenvalue weighted by molar-refractivity contribution is 0.0828. The number of aliphatic hydroxyl groups is 1. The lowest BCUT2D eigenvalue weighted by Crippen LogP contribution is -2.49. The molecular weight excluding hydrogens is 208 g/mol. The van der Waals surface area contributed by atoms with Crippen LogP contribution in [0, 0.1) is 6.92 Å². The Bertz CT molecular complexity index is 382. The highest BCUT2D eigenvalue weighted by Gasteiger charge is 2.35. The van der Waals surface area contributed by atoms with E-state index in [1.165, 1.54) is 0 Å². The van der Waals surface area contributed by atoms with Crippen molar-refractivity contribution >= 4 is 5.91 Å². The van der Waals surface area contributed by atoms with Gasteiger partial charge in [0.05, 0.1) is 12.1 Å². The summed E-state index contributed by atoms with van der Waals surface area (Å²) in [6.07, 6.45) is 3.71. The van der Waals surface area contributed by atoms with Crippen molar-refractivity contribution in [2.75, 3.05) is 6.61 Å². The normalized spacial score (nSPS) is 18.6. The third-order valence-corrected chi connectivity index (χ3v) is 3.04. The van der Waals surface area contributed by atoms with E-state index >= 15 is 0 Å². The van der Waals surface area contributed by atoms with Gasteiger partial charge in [0.25, 0.3) is 5.91 Å². The molecule has 6 nitrogen and oxygen atoms in total. The standard InChI is InChI=1S/C10H16N4O2/c1-7-11-8(14-13-7)9(16)12-10(6-15)4-2-3-5-10/h15H,2-6H2,1H3,(H,12,16)(H,11,13,14). The fraction of sp³-hybridized carbons (Fsp3) is 0.700. The monoisotopic (exact) mass is 224 g/mol. The summed E-state index contributed by atoms with van der Waals surface area (Å²) in [5, 5.41) is 18.6. The Morgan fingerprint density at radius 2 is 2.25 bits per heavy atom. The van der Waals surface area contributed by atoms with Gasteiger partial charge >= 0.3 is 0 Å². The summed E-state index contributed by atoms with van der Waals surface area (Å²) in [5.41, 5.74) is -0.467. The minimum Gasteiger partial charge on any atom is -0.394 e. The van der Waals surface area contributed by atoms with Crippen LogP contribution in [-0.2, 0) is 0 Å². The van der Waals surface area contributed by atoms with Crippen molar-refractivity contribution in [3.8, 4) is 0 Å². The molecule has 0 radical (unpaired) electrons. The average Bonchev–Trinajstić information content (AvgIpc) is 2.88. The summed E-state index contributed by atoms with van der Waals surface area (Å²) in [6, 6.07) is 0. The summed E-state index contributed by atoms with van der Waals surface area (Å²) >= 11 is 0. The maximum atomic E-state index is 11.8. The van der Waals surface area contributed by atoms with Gasteiger partial charge in [-0.3, -0.25) is 9.89 Å². The quantitative estimate of drug-likeness (QED) is 0.681. The lowest BCUT2D eigenvalue weighted by atomic mass is 9.99. The van der Waals surface area contributed by atoms with Crippen molar-refractivity contribution in [3.05, 3.63) is 11.6 Å². The van der Waals surface area contributed by atoms with E-state index in [1.807, 2.05) is 0 Å². The molecule has 0 unspecified atom stereocenters. The molecule has 0 aromatic carbocycles. The van der Waals surface area contributed by atoms with Gasteiger partial charge in [0.2, 0.25) is 5.82 Å². The predicted octanol–water partition coefficient (Wildman–Crippen LogP) is 0.148. The van der Waals surface area contributed by atoms with Gasteiger partial charge in [-0.05, 0) is 19.8 Å². The number of rotatable bonds is 3. The molecule has 1 saturated carbocycles. The van der Waals surface area contributed by atoms with Gasteiger partial charge in [-0.1, -0.05) is 12.8 Å². The molecule has 1 fully saturated rings. The largest absolute Gasteiger partial charge is 0.394 e. The van der Waals surface area contributed by atoms with Crippen molar-refractivity contribution in [3.63, 3.8) is 0 Å². The second-order valence-corrected chi connectivity index (χ2v) is 4.34. The molecule has 0 spiro atoms. The van der Waals surface area contributed by atoms with E-state index in [0.29, 0.717) is 5.82 Å². The number of aliphatic hydroxyl groups excluding tert-OH is 1. The fourth-order valence-corrected chi connectivity index (χ4v) is 2.12. The van der Waals surface area contributed by atoms with Crippen LogP contribution in [0.5, 0.6) is 0 Å². The molecule has 1 aliphatic rings. The molecule has 1 aromatic heterocycles. The van der Waals surface area contributed by atoms with E-state index in [0.717, 1.165) is 25.7 Å².